The Morgan fingerprint density at radius 1 is 1.13 bits per heavy atom. The zero-order chi connectivity index (χ0) is 27.6. The molecule has 15 heteroatoms. The second kappa shape index (κ2) is 10.7. The summed E-state index contributed by atoms with van der Waals surface area (Å²) in [4.78, 5) is 19.3. The first-order valence-electron chi connectivity index (χ1n) is 10.6. The number of carbonyl (C=O) groups is 1. The van der Waals surface area contributed by atoms with Gasteiger partial charge in [0, 0.05) is 18.3 Å². The van der Waals surface area contributed by atoms with Crippen LogP contribution in [0.3, 0.4) is 0 Å². The predicted molar refractivity (Wildman–Crippen MR) is 130 cm³/mol. The van der Waals surface area contributed by atoms with Gasteiger partial charge in [0.25, 0.3) is 10.0 Å². The van der Waals surface area contributed by atoms with Crippen molar-refractivity contribution in [1.82, 2.24) is 13.9 Å². The number of aromatic carboxylic acids is 1. The molecule has 4 aromatic rings. The van der Waals surface area contributed by atoms with E-state index in [1.165, 1.54) is 44.7 Å². The summed E-state index contributed by atoms with van der Waals surface area (Å²) in [5, 5.41) is 8.86. The third kappa shape index (κ3) is 5.15. The second-order valence-electron chi connectivity index (χ2n) is 7.51. The third-order valence-corrected chi connectivity index (χ3v) is 8.27. The van der Waals surface area contributed by atoms with Crippen molar-refractivity contribution in [2.75, 3.05) is 14.2 Å². The molecular weight excluding hydrogens is 548 g/mol. The number of pyridine rings is 1. The van der Waals surface area contributed by atoms with Gasteiger partial charge in [-0.3, -0.25) is 9.19 Å². The molecule has 2 aromatic heterocycles. The summed E-state index contributed by atoms with van der Waals surface area (Å²) in [5.74, 6) is -1.61. The molecule has 2 heterocycles. The van der Waals surface area contributed by atoms with E-state index in [0.29, 0.717) is 9.72 Å². The van der Waals surface area contributed by atoms with Gasteiger partial charge in [0.1, 0.15) is 5.75 Å². The number of methoxy groups -OCH3 is 2. The molecule has 1 atom stereocenters. The van der Waals surface area contributed by atoms with E-state index in [1.807, 2.05) is 0 Å². The summed E-state index contributed by atoms with van der Waals surface area (Å²) in [6.07, 6.45) is 1.39. The van der Waals surface area contributed by atoms with Crippen LogP contribution in [0.1, 0.15) is 16.1 Å². The average molecular weight is 568 g/mol. The van der Waals surface area contributed by atoms with Crippen LogP contribution in [0.15, 0.2) is 64.8 Å². The van der Waals surface area contributed by atoms with E-state index in [-0.39, 0.29) is 39.5 Å². The highest BCUT2D eigenvalue weighted by atomic mass is 32.2. The topological polar surface area (TPSA) is 147 Å². The molecule has 0 aliphatic carbocycles. The fraction of sp³-hybridized carbons (Fsp3) is 0.174. The second-order valence-corrected chi connectivity index (χ2v) is 10.6. The molecule has 11 nitrogen and oxygen atoms in total. The van der Waals surface area contributed by atoms with Crippen molar-refractivity contribution in [2.45, 2.75) is 22.4 Å². The zero-order valence-electron chi connectivity index (χ0n) is 19.7. The first kappa shape index (κ1) is 26.9. The van der Waals surface area contributed by atoms with Gasteiger partial charge in [0.2, 0.25) is 5.16 Å². The van der Waals surface area contributed by atoms with Crippen LogP contribution in [0.2, 0.25) is 0 Å². The van der Waals surface area contributed by atoms with Crippen molar-refractivity contribution in [3.05, 3.63) is 66.0 Å². The highest BCUT2D eigenvalue weighted by molar-refractivity contribution is 7.91. The van der Waals surface area contributed by atoms with Crippen LogP contribution >= 0.6 is 0 Å². The lowest BCUT2D eigenvalue weighted by Crippen LogP contribution is -2.18. The molecule has 4 rings (SSSR count). The van der Waals surface area contributed by atoms with E-state index in [9.17, 15) is 31.3 Å². The normalized spacial score (nSPS) is 12.4. The number of nitrogens with zero attached hydrogens (tertiary/aromatic N) is 3. The van der Waals surface area contributed by atoms with Gasteiger partial charge in [-0.15, -0.1) is 0 Å². The van der Waals surface area contributed by atoms with Crippen molar-refractivity contribution >= 4 is 37.8 Å². The van der Waals surface area contributed by atoms with Gasteiger partial charge in [0.05, 0.1) is 58.0 Å². The van der Waals surface area contributed by atoms with E-state index < -0.39 is 43.5 Å². The zero-order valence-corrected chi connectivity index (χ0v) is 21.3. The smallest absolute Gasteiger partial charge is 0.387 e. The number of halogens is 2. The number of aromatic nitrogens is 3. The molecule has 0 amide bonds. The van der Waals surface area contributed by atoms with Crippen LogP contribution in [0, 0.1) is 0 Å². The maximum Gasteiger partial charge on any atom is 0.387 e. The fourth-order valence-corrected chi connectivity index (χ4v) is 6.60. The van der Waals surface area contributed by atoms with Crippen molar-refractivity contribution < 1.29 is 45.5 Å². The van der Waals surface area contributed by atoms with E-state index >= 15 is 0 Å². The molecule has 2 aromatic carbocycles. The van der Waals surface area contributed by atoms with Gasteiger partial charge in [-0.05, 0) is 30.3 Å². The maximum atomic E-state index is 13.8. The molecular formula is C23H19F2N3O8S2. The average Bonchev–Trinajstić information content (AvgIpc) is 3.28. The first-order chi connectivity index (χ1) is 18.1. The first-order valence-corrected chi connectivity index (χ1v) is 13.3. The van der Waals surface area contributed by atoms with Gasteiger partial charge in [0.15, 0.2) is 11.5 Å². The van der Waals surface area contributed by atoms with Crippen molar-refractivity contribution in [1.29, 1.82) is 0 Å². The largest absolute Gasteiger partial charge is 0.493 e. The highest BCUT2D eigenvalue weighted by Crippen LogP contribution is 2.33. The van der Waals surface area contributed by atoms with Crippen LogP contribution in [0.5, 0.6) is 17.2 Å². The Bertz CT molecular complexity index is 1660. The van der Waals surface area contributed by atoms with Gasteiger partial charge >= 0.3 is 12.6 Å². The maximum absolute atomic E-state index is 13.8. The molecule has 0 aliphatic heterocycles. The summed E-state index contributed by atoms with van der Waals surface area (Å²) in [6.45, 7) is -3.19. The Balaban J connectivity index is 1.92. The lowest BCUT2D eigenvalue weighted by Gasteiger charge is -2.13. The lowest BCUT2D eigenvalue weighted by molar-refractivity contribution is -0.0497. The standard InChI is InChI=1S/C23H19F2N3O8S2/c1-34-19-8-9-26-17(20(19)35-2)12-37(31)23-27-16-7-6-14(36-22(24)25)11-18(16)28(23)38(32,33)15-5-3-4-13(10-15)21(29)30/h3-11,22H,12H2,1-2H3,(H,29,30). The van der Waals surface area contributed by atoms with Crippen LogP contribution in [-0.2, 0) is 26.6 Å². The predicted octanol–water partition coefficient (Wildman–Crippen LogP) is 3.29. The van der Waals surface area contributed by atoms with Crippen molar-refractivity contribution in [3.8, 4) is 17.2 Å². The number of imidazole rings is 1. The van der Waals surface area contributed by atoms with E-state index in [1.54, 1.807) is 0 Å². The van der Waals surface area contributed by atoms with Gasteiger partial charge in [-0.2, -0.15) is 8.78 Å². The molecule has 0 bridgehead atoms. The molecule has 1 unspecified atom stereocenters. The summed E-state index contributed by atoms with van der Waals surface area (Å²) in [7, 11) is -4.07. The van der Waals surface area contributed by atoms with Crippen LogP contribution in [0.25, 0.3) is 11.0 Å². The van der Waals surface area contributed by atoms with Crippen LogP contribution in [0.4, 0.5) is 8.78 Å². The number of hydrogen-bond donors (Lipinski definition) is 1. The van der Waals surface area contributed by atoms with Crippen LogP contribution < -0.4 is 14.2 Å². The lowest BCUT2D eigenvalue weighted by atomic mass is 10.2. The number of hydrogen-bond acceptors (Lipinski definition) is 9. The minimum Gasteiger partial charge on any atom is -0.493 e. The van der Waals surface area contributed by atoms with Crippen molar-refractivity contribution in [3.63, 3.8) is 0 Å². The number of fused-ring (bicyclic) bond motifs is 1. The van der Waals surface area contributed by atoms with E-state index in [2.05, 4.69) is 14.7 Å². The quantitative estimate of drug-likeness (QED) is 0.303. The Hall–Kier alpha value is -4.11. The SMILES string of the molecule is COc1ccnc(CS(=O)c2nc3ccc(OC(F)F)cc3n2S(=O)(=O)c2cccc(C(=O)O)c2)c1OC. The summed E-state index contributed by atoms with van der Waals surface area (Å²) in [6, 6.07) is 9.41. The molecule has 0 radical (unpaired) electrons. The molecule has 200 valence electrons. The Kier molecular flexibility index (Phi) is 7.59. The van der Waals surface area contributed by atoms with E-state index in [0.717, 1.165) is 24.3 Å². The summed E-state index contributed by atoms with van der Waals surface area (Å²) >= 11 is 0. The molecule has 0 spiro atoms. The number of alkyl halides is 2. The minimum atomic E-state index is -4.64. The minimum absolute atomic E-state index is 0.0125. The molecule has 0 fully saturated rings. The third-order valence-electron chi connectivity index (χ3n) is 5.24. The summed E-state index contributed by atoms with van der Waals surface area (Å²) in [5.41, 5.74) is -0.336. The fourth-order valence-electron chi connectivity index (χ4n) is 3.60. The number of ether oxygens (including phenoxy) is 3. The number of carboxylic acid groups (broad SMARTS) is 1. The molecule has 0 saturated heterocycles. The van der Waals surface area contributed by atoms with Gasteiger partial charge in [-0.1, -0.05) is 6.07 Å². The van der Waals surface area contributed by atoms with E-state index in [4.69, 9.17) is 9.47 Å². The monoisotopic (exact) mass is 567 g/mol. The Labute approximate surface area is 217 Å². The molecule has 0 saturated carbocycles. The number of benzene rings is 2. The number of carboxylic acids is 1. The summed E-state index contributed by atoms with van der Waals surface area (Å²) < 4.78 is 82.4. The van der Waals surface area contributed by atoms with Gasteiger partial charge in [-0.25, -0.2) is 22.2 Å². The molecule has 38 heavy (non-hydrogen) atoms. The molecule has 1 N–H and O–H groups in total. The highest BCUT2D eigenvalue weighted by Gasteiger charge is 2.29. The van der Waals surface area contributed by atoms with Gasteiger partial charge < -0.3 is 19.3 Å². The van der Waals surface area contributed by atoms with Crippen LogP contribution in [-0.4, -0.2) is 58.5 Å². The molecule has 0 aliphatic rings. The number of rotatable bonds is 10. The van der Waals surface area contributed by atoms with Crippen molar-refractivity contribution in [2.24, 2.45) is 0 Å². The Morgan fingerprint density at radius 2 is 1.89 bits per heavy atom. The Morgan fingerprint density at radius 3 is 2.55 bits per heavy atom.